The summed E-state index contributed by atoms with van der Waals surface area (Å²) in [4.78, 5) is 0. The van der Waals surface area contributed by atoms with Gasteiger partial charge in [0.1, 0.15) is 0 Å². The van der Waals surface area contributed by atoms with Gasteiger partial charge in [-0.05, 0) is 145 Å². The molecule has 4 aliphatic rings. The maximum atomic E-state index is 7.03. The molecule has 4 aliphatic carbocycles. The van der Waals surface area contributed by atoms with Gasteiger partial charge in [-0.25, -0.2) is 0 Å². The van der Waals surface area contributed by atoms with Crippen LogP contribution in [0, 0.1) is 34.5 Å². The fourth-order valence-corrected chi connectivity index (χ4v) is 12.4. The van der Waals surface area contributed by atoms with Crippen LogP contribution in [0.3, 0.4) is 0 Å². The maximum absolute atomic E-state index is 7.03. The fraction of sp³-hybridized carbons (Fsp3) is 1.00. The standard InChI is InChI=1S/C28H56O3Si3/c1-27-16-14-21(29-32(3,4)5)18-20(27)12-13-22-23(27)15-17-28(2)24(22)19-25(30-33(6,7)8)26(28)31-34(9,10)11/h20-26H,12-19H2,1-11H3/t20-,21-,22?,23?,24?,25+,26+,27?,28?/m1/s1. The largest absolute Gasteiger partial charge is 0.415 e. The van der Waals surface area contributed by atoms with Crippen molar-refractivity contribution in [3.05, 3.63) is 0 Å². The van der Waals surface area contributed by atoms with Gasteiger partial charge in [0, 0.05) is 6.10 Å². The highest BCUT2D eigenvalue weighted by molar-refractivity contribution is 6.70. The molecule has 6 heteroatoms. The maximum Gasteiger partial charge on any atom is 0.184 e. The molecule has 0 bridgehead atoms. The van der Waals surface area contributed by atoms with Gasteiger partial charge in [-0.1, -0.05) is 13.8 Å². The van der Waals surface area contributed by atoms with Crippen LogP contribution in [0.25, 0.3) is 0 Å². The summed E-state index contributed by atoms with van der Waals surface area (Å²) >= 11 is 0. The molecule has 0 heterocycles. The molecule has 5 unspecified atom stereocenters. The van der Waals surface area contributed by atoms with Crippen molar-refractivity contribution in [1.29, 1.82) is 0 Å². The van der Waals surface area contributed by atoms with E-state index in [1.165, 1.54) is 51.4 Å². The van der Waals surface area contributed by atoms with Gasteiger partial charge in [0.15, 0.2) is 25.0 Å². The van der Waals surface area contributed by atoms with Gasteiger partial charge >= 0.3 is 0 Å². The Labute approximate surface area is 214 Å². The zero-order chi connectivity index (χ0) is 25.3. The van der Waals surface area contributed by atoms with Crippen molar-refractivity contribution in [2.24, 2.45) is 34.5 Å². The van der Waals surface area contributed by atoms with Crippen molar-refractivity contribution in [2.45, 2.75) is 142 Å². The van der Waals surface area contributed by atoms with Crippen LogP contribution in [0.15, 0.2) is 0 Å². The van der Waals surface area contributed by atoms with Crippen LogP contribution in [0.2, 0.25) is 58.9 Å². The van der Waals surface area contributed by atoms with E-state index in [1.807, 2.05) is 0 Å². The van der Waals surface area contributed by atoms with Gasteiger partial charge < -0.3 is 13.3 Å². The molecule has 4 saturated carbocycles. The molecule has 0 spiro atoms. The summed E-state index contributed by atoms with van der Waals surface area (Å²) in [5, 5.41) is 0. The molecule has 0 N–H and O–H groups in total. The molecule has 3 nitrogen and oxygen atoms in total. The molecule has 0 aromatic heterocycles. The van der Waals surface area contributed by atoms with E-state index in [1.54, 1.807) is 0 Å². The lowest BCUT2D eigenvalue weighted by molar-refractivity contribution is -0.131. The third-order valence-electron chi connectivity index (χ3n) is 10.0. The first-order valence-corrected chi connectivity index (χ1v) is 24.7. The van der Waals surface area contributed by atoms with Crippen LogP contribution in [-0.2, 0) is 13.3 Å². The minimum Gasteiger partial charge on any atom is -0.415 e. The number of rotatable bonds is 6. The van der Waals surface area contributed by atoms with Crippen LogP contribution < -0.4 is 0 Å². The first kappa shape index (κ1) is 27.6. The second-order valence-electron chi connectivity index (χ2n) is 16.0. The Balaban J connectivity index is 1.56. The Morgan fingerprint density at radius 3 is 1.76 bits per heavy atom. The second-order valence-corrected chi connectivity index (χ2v) is 29.4. The highest BCUT2D eigenvalue weighted by atomic mass is 28.4. The van der Waals surface area contributed by atoms with Gasteiger partial charge in [-0.3, -0.25) is 0 Å². The zero-order valence-corrected chi connectivity index (χ0v) is 27.4. The third-order valence-corrected chi connectivity index (χ3v) is 13.0. The van der Waals surface area contributed by atoms with Crippen molar-refractivity contribution in [1.82, 2.24) is 0 Å². The van der Waals surface area contributed by atoms with E-state index in [-0.39, 0.29) is 5.41 Å². The zero-order valence-electron chi connectivity index (χ0n) is 24.4. The number of hydrogen-bond donors (Lipinski definition) is 0. The van der Waals surface area contributed by atoms with Gasteiger partial charge in [-0.15, -0.1) is 0 Å². The van der Waals surface area contributed by atoms with Crippen molar-refractivity contribution in [2.75, 3.05) is 0 Å². The highest BCUT2D eigenvalue weighted by Gasteiger charge is 2.63. The Hall–Kier alpha value is 0.531. The Kier molecular flexibility index (Phi) is 7.36. The van der Waals surface area contributed by atoms with Crippen LogP contribution in [0.5, 0.6) is 0 Å². The molecule has 0 saturated heterocycles. The lowest BCUT2D eigenvalue weighted by Gasteiger charge is -2.61. The predicted molar refractivity (Wildman–Crippen MR) is 152 cm³/mol. The first-order valence-electron chi connectivity index (χ1n) is 14.4. The molecule has 198 valence electrons. The normalized spacial score (nSPS) is 45.4. The molecular weight excluding hydrogens is 469 g/mol. The quantitative estimate of drug-likeness (QED) is 0.327. The first-order chi connectivity index (χ1) is 15.4. The molecule has 0 aliphatic heterocycles. The minimum atomic E-state index is -1.65. The number of hydrogen-bond acceptors (Lipinski definition) is 3. The van der Waals surface area contributed by atoms with Crippen LogP contribution in [-0.4, -0.2) is 43.3 Å². The SMILES string of the molecule is CC12CC[C@@H](O[Si](C)(C)C)C[C@H]1CCC1C2CCC2(C)C1C[C@H](O[Si](C)(C)C)[C@@H]2O[Si](C)(C)C. The Bertz CT molecular complexity index is 739. The summed E-state index contributed by atoms with van der Waals surface area (Å²) in [6.07, 6.45) is 11.9. The van der Waals surface area contributed by atoms with Crippen molar-refractivity contribution in [3.63, 3.8) is 0 Å². The smallest absolute Gasteiger partial charge is 0.184 e. The van der Waals surface area contributed by atoms with E-state index < -0.39 is 25.0 Å². The summed E-state index contributed by atoms with van der Waals surface area (Å²) in [5.74, 6) is 3.37. The molecule has 4 fully saturated rings. The topological polar surface area (TPSA) is 27.7 Å². The van der Waals surface area contributed by atoms with Crippen LogP contribution in [0.4, 0.5) is 0 Å². The molecule has 4 rings (SSSR count). The monoisotopic (exact) mass is 524 g/mol. The average molecular weight is 525 g/mol. The lowest BCUT2D eigenvalue weighted by Crippen LogP contribution is -2.56. The number of fused-ring (bicyclic) bond motifs is 5. The summed E-state index contributed by atoms with van der Waals surface area (Å²) in [5.41, 5.74) is 0.795. The lowest BCUT2D eigenvalue weighted by atomic mass is 9.45. The van der Waals surface area contributed by atoms with Crippen LogP contribution >= 0.6 is 0 Å². The predicted octanol–water partition coefficient (Wildman–Crippen LogP) is 8.30. The molecule has 34 heavy (non-hydrogen) atoms. The summed E-state index contributed by atoms with van der Waals surface area (Å²) < 4.78 is 20.6. The van der Waals surface area contributed by atoms with Gasteiger partial charge in [-0.2, -0.15) is 0 Å². The van der Waals surface area contributed by atoms with E-state index in [9.17, 15) is 0 Å². The molecule has 0 amide bonds. The second kappa shape index (κ2) is 9.07. The summed E-state index contributed by atoms with van der Waals surface area (Å²) in [6, 6.07) is 0. The van der Waals surface area contributed by atoms with Gasteiger partial charge in [0.25, 0.3) is 0 Å². The average Bonchev–Trinajstić information content (AvgIpc) is 2.90. The molecular formula is C28H56O3Si3. The van der Waals surface area contributed by atoms with E-state index in [4.69, 9.17) is 13.3 Å². The van der Waals surface area contributed by atoms with E-state index >= 15 is 0 Å². The van der Waals surface area contributed by atoms with Crippen molar-refractivity contribution < 1.29 is 13.3 Å². The summed E-state index contributed by atoms with van der Waals surface area (Å²) in [7, 11) is -4.74. The molecule has 0 aromatic rings. The van der Waals surface area contributed by atoms with Gasteiger partial charge in [0.05, 0.1) is 12.2 Å². The summed E-state index contributed by atoms with van der Waals surface area (Å²) in [6.45, 7) is 26.5. The van der Waals surface area contributed by atoms with E-state index in [2.05, 4.69) is 72.8 Å². The van der Waals surface area contributed by atoms with Crippen molar-refractivity contribution in [3.8, 4) is 0 Å². The fourth-order valence-electron chi connectivity index (χ4n) is 8.92. The third kappa shape index (κ3) is 5.52. The van der Waals surface area contributed by atoms with Crippen LogP contribution in [0.1, 0.15) is 65.2 Å². The molecule has 0 aromatic carbocycles. The van der Waals surface area contributed by atoms with Crippen molar-refractivity contribution >= 4 is 25.0 Å². The van der Waals surface area contributed by atoms with Gasteiger partial charge in [0.2, 0.25) is 0 Å². The minimum absolute atomic E-state index is 0.285. The molecule has 9 atom stereocenters. The Morgan fingerprint density at radius 2 is 1.18 bits per heavy atom. The highest BCUT2D eigenvalue weighted by Crippen LogP contribution is 2.67. The van der Waals surface area contributed by atoms with E-state index in [0.29, 0.717) is 23.7 Å². The van der Waals surface area contributed by atoms with E-state index in [0.717, 1.165) is 23.7 Å². The molecule has 0 radical (unpaired) electrons. The Morgan fingerprint density at radius 1 is 0.588 bits per heavy atom.